The van der Waals surface area contributed by atoms with Crippen LogP contribution in [0.3, 0.4) is 0 Å². The van der Waals surface area contributed by atoms with Crippen LogP contribution in [0.2, 0.25) is 0 Å². The first kappa shape index (κ1) is 15.5. The first-order valence-electron chi connectivity index (χ1n) is 7.15. The molecular formula is C16H18N2O4S. The number of nitrogens with zero attached hydrogens (tertiary/aromatic N) is 1. The normalized spacial score (nSPS) is 13.9. The van der Waals surface area contributed by atoms with Gasteiger partial charge in [0.1, 0.15) is 18.1 Å². The van der Waals surface area contributed by atoms with Crippen molar-refractivity contribution in [1.82, 2.24) is 0 Å². The van der Waals surface area contributed by atoms with Gasteiger partial charge in [0.05, 0.1) is 29.9 Å². The monoisotopic (exact) mass is 334 g/mol. The number of rotatable bonds is 4. The van der Waals surface area contributed by atoms with Gasteiger partial charge in [0.2, 0.25) is 0 Å². The van der Waals surface area contributed by atoms with E-state index in [1.807, 2.05) is 11.9 Å². The predicted octanol–water partition coefficient (Wildman–Crippen LogP) is 2.32. The van der Waals surface area contributed by atoms with Gasteiger partial charge in [-0.05, 0) is 30.3 Å². The fourth-order valence-corrected chi connectivity index (χ4v) is 3.52. The molecule has 1 aliphatic rings. The van der Waals surface area contributed by atoms with Gasteiger partial charge >= 0.3 is 0 Å². The van der Waals surface area contributed by atoms with Crippen LogP contribution in [0.25, 0.3) is 0 Å². The molecule has 0 aliphatic carbocycles. The Labute approximate surface area is 135 Å². The van der Waals surface area contributed by atoms with Gasteiger partial charge in [-0.2, -0.15) is 0 Å². The summed E-state index contributed by atoms with van der Waals surface area (Å²) in [5.41, 5.74) is 1.16. The van der Waals surface area contributed by atoms with Crippen molar-refractivity contribution < 1.29 is 17.9 Å². The Kier molecular flexibility index (Phi) is 4.04. The van der Waals surface area contributed by atoms with Gasteiger partial charge in [-0.3, -0.25) is 4.72 Å². The molecule has 0 bridgehead atoms. The maximum atomic E-state index is 12.6. The highest BCUT2D eigenvalue weighted by Crippen LogP contribution is 2.34. The average molecular weight is 334 g/mol. The van der Waals surface area contributed by atoms with E-state index in [0.717, 1.165) is 12.2 Å². The topological polar surface area (TPSA) is 67.9 Å². The Morgan fingerprint density at radius 1 is 1.22 bits per heavy atom. The quantitative estimate of drug-likeness (QED) is 0.929. The summed E-state index contributed by atoms with van der Waals surface area (Å²) in [4.78, 5) is 2.15. The van der Waals surface area contributed by atoms with E-state index in [2.05, 4.69) is 4.72 Å². The van der Waals surface area contributed by atoms with Crippen molar-refractivity contribution in [2.75, 3.05) is 36.9 Å². The van der Waals surface area contributed by atoms with Crippen molar-refractivity contribution in [2.24, 2.45) is 0 Å². The van der Waals surface area contributed by atoms with Crippen LogP contribution in [0.5, 0.6) is 11.5 Å². The molecule has 3 rings (SSSR count). The summed E-state index contributed by atoms with van der Waals surface area (Å²) in [6.07, 6.45) is 0. The number of hydrogen-bond acceptors (Lipinski definition) is 5. The first-order chi connectivity index (χ1) is 11.0. The maximum absolute atomic E-state index is 12.6. The Morgan fingerprint density at radius 3 is 2.78 bits per heavy atom. The van der Waals surface area contributed by atoms with Crippen LogP contribution in [0.4, 0.5) is 11.4 Å². The maximum Gasteiger partial charge on any atom is 0.262 e. The zero-order valence-corrected chi connectivity index (χ0v) is 13.8. The molecule has 6 nitrogen and oxygen atoms in total. The van der Waals surface area contributed by atoms with Gasteiger partial charge in [-0.15, -0.1) is 0 Å². The lowest BCUT2D eigenvalue weighted by atomic mass is 10.2. The molecule has 0 saturated heterocycles. The van der Waals surface area contributed by atoms with Crippen LogP contribution in [0.15, 0.2) is 47.4 Å². The van der Waals surface area contributed by atoms with E-state index in [-0.39, 0.29) is 4.90 Å². The summed E-state index contributed by atoms with van der Waals surface area (Å²) in [5, 5.41) is 0. The van der Waals surface area contributed by atoms with E-state index in [1.54, 1.807) is 36.4 Å². The fraction of sp³-hybridized carbons (Fsp3) is 0.250. The SMILES string of the molecule is COc1ccccc1NS(=O)(=O)c1ccc2c(c1)N(C)CCO2. The minimum atomic E-state index is -3.72. The van der Waals surface area contributed by atoms with E-state index in [0.29, 0.717) is 23.8 Å². The molecule has 0 fully saturated rings. The Hall–Kier alpha value is -2.41. The number of nitrogens with one attached hydrogen (secondary N) is 1. The van der Waals surface area contributed by atoms with Gasteiger partial charge in [0, 0.05) is 7.05 Å². The molecule has 1 N–H and O–H groups in total. The largest absolute Gasteiger partial charge is 0.495 e. The second-order valence-electron chi connectivity index (χ2n) is 5.21. The van der Waals surface area contributed by atoms with Crippen molar-refractivity contribution in [3.63, 3.8) is 0 Å². The Bertz CT molecular complexity index is 821. The van der Waals surface area contributed by atoms with Crippen LogP contribution in [0.1, 0.15) is 0 Å². The molecule has 0 aromatic heterocycles. The molecule has 1 aliphatic heterocycles. The molecule has 23 heavy (non-hydrogen) atoms. The molecule has 0 saturated carbocycles. The fourth-order valence-electron chi connectivity index (χ4n) is 2.43. The standard InChI is InChI=1S/C16H18N2O4S/c1-18-9-10-22-16-8-7-12(11-14(16)18)23(19,20)17-13-5-3-4-6-15(13)21-2/h3-8,11,17H,9-10H2,1-2H3. The molecule has 0 radical (unpaired) electrons. The summed E-state index contributed by atoms with van der Waals surface area (Å²) in [6, 6.07) is 11.7. The van der Waals surface area contributed by atoms with E-state index < -0.39 is 10.0 Å². The molecule has 122 valence electrons. The number of sulfonamides is 1. The lowest BCUT2D eigenvalue weighted by molar-refractivity contribution is 0.311. The van der Waals surface area contributed by atoms with E-state index in [4.69, 9.17) is 9.47 Å². The van der Waals surface area contributed by atoms with Crippen LogP contribution in [0, 0.1) is 0 Å². The van der Waals surface area contributed by atoms with Crippen LogP contribution in [-0.4, -0.2) is 35.7 Å². The minimum Gasteiger partial charge on any atom is -0.495 e. The number of likely N-dealkylation sites (N-methyl/N-ethyl adjacent to an activating group) is 1. The number of benzene rings is 2. The summed E-state index contributed by atoms with van der Waals surface area (Å²) >= 11 is 0. The Morgan fingerprint density at radius 2 is 2.00 bits per heavy atom. The van der Waals surface area contributed by atoms with Crippen molar-refractivity contribution >= 4 is 21.4 Å². The van der Waals surface area contributed by atoms with E-state index >= 15 is 0 Å². The first-order valence-corrected chi connectivity index (χ1v) is 8.63. The summed E-state index contributed by atoms with van der Waals surface area (Å²) < 4.78 is 38.6. The molecule has 0 unspecified atom stereocenters. The van der Waals surface area contributed by atoms with Crippen molar-refractivity contribution in [1.29, 1.82) is 0 Å². The van der Waals surface area contributed by atoms with Crippen LogP contribution < -0.4 is 19.1 Å². The second-order valence-corrected chi connectivity index (χ2v) is 6.89. The third-order valence-corrected chi connectivity index (χ3v) is 5.05. The number of fused-ring (bicyclic) bond motifs is 1. The molecule has 0 amide bonds. The highest BCUT2D eigenvalue weighted by Gasteiger charge is 2.21. The molecule has 2 aromatic carbocycles. The van der Waals surface area contributed by atoms with Gasteiger partial charge in [-0.1, -0.05) is 12.1 Å². The van der Waals surface area contributed by atoms with Crippen LogP contribution in [-0.2, 0) is 10.0 Å². The van der Waals surface area contributed by atoms with E-state index in [1.165, 1.54) is 13.2 Å². The predicted molar refractivity (Wildman–Crippen MR) is 89.0 cm³/mol. The third kappa shape index (κ3) is 3.05. The number of methoxy groups -OCH3 is 1. The van der Waals surface area contributed by atoms with Crippen molar-refractivity contribution in [3.05, 3.63) is 42.5 Å². The minimum absolute atomic E-state index is 0.180. The molecule has 0 atom stereocenters. The average Bonchev–Trinajstić information content (AvgIpc) is 2.55. The zero-order valence-electron chi connectivity index (χ0n) is 12.9. The van der Waals surface area contributed by atoms with Gasteiger partial charge in [0.25, 0.3) is 10.0 Å². The molecular weight excluding hydrogens is 316 g/mol. The molecule has 0 spiro atoms. The zero-order chi connectivity index (χ0) is 16.4. The summed E-state index contributed by atoms with van der Waals surface area (Å²) in [7, 11) is -0.309. The second kappa shape index (κ2) is 6.00. The molecule has 2 aromatic rings. The molecule has 7 heteroatoms. The van der Waals surface area contributed by atoms with Crippen LogP contribution >= 0.6 is 0 Å². The van der Waals surface area contributed by atoms with E-state index in [9.17, 15) is 8.42 Å². The van der Waals surface area contributed by atoms with Crippen molar-refractivity contribution in [3.8, 4) is 11.5 Å². The highest BCUT2D eigenvalue weighted by molar-refractivity contribution is 7.92. The smallest absolute Gasteiger partial charge is 0.262 e. The number of anilines is 2. The third-order valence-electron chi connectivity index (χ3n) is 3.69. The number of ether oxygens (including phenoxy) is 2. The number of para-hydroxylation sites is 2. The summed E-state index contributed by atoms with van der Waals surface area (Å²) in [5.74, 6) is 1.16. The highest BCUT2D eigenvalue weighted by atomic mass is 32.2. The van der Waals surface area contributed by atoms with Crippen molar-refractivity contribution in [2.45, 2.75) is 4.90 Å². The van der Waals surface area contributed by atoms with Gasteiger partial charge < -0.3 is 14.4 Å². The van der Waals surface area contributed by atoms with Gasteiger partial charge in [0.15, 0.2) is 0 Å². The Balaban J connectivity index is 1.95. The lowest BCUT2D eigenvalue weighted by Crippen LogP contribution is -2.29. The lowest BCUT2D eigenvalue weighted by Gasteiger charge is -2.28. The number of hydrogen-bond donors (Lipinski definition) is 1. The molecule has 1 heterocycles. The van der Waals surface area contributed by atoms with Gasteiger partial charge in [-0.25, -0.2) is 8.42 Å². The summed E-state index contributed by atoms with van der Waals surface area (Å²) in [6.45, 7) is 1.31.